The highest BCUT2D eigenvalue weighted by atomic mass is 79.9. The van der Waals surface area contributed by atoms with E-state index in [9.17, 15) is 0 Å². The Morgan fingerprint density at radius 1 is 1.12 bits per heavy atom. The van der Waals surface area contributed by atoms with Gasteiger partial charge in [0.15, 0.2) is 0 Å². The molecule has 1 aromatic carbocycles. The van der Waals surface area contributed by atoms with Crippen molar-refractivity contribution in [1.82, 2.24) is 4.90 Å². The summed E-state index contributed by atoms with van der Waals surface area (Å²) in [5.41, 5.74) is 7.55. The maximum atomic E-state index is 6.22. The minimum atomic E-state index is 0.259. The zero-order valence-electron chi connectivity index (χ0n) is 10.2. The number of halogens is 1. The Morgan fingerprint density at radius 3 is 2.41 bits per heavy atom. The summed E-state index contributed by atoms with van der Waals surface area (Å²) in [6, 6.07) is 8.74. The number of likely N-dealkylation sites (tertiary alicyclic amines) is 1. The fourth-order valence-corrected chi connectivity index (χ4v) is 2.73. The van der Waals surface area contributed by atoms with Gasteiger partial charge in [0.05, 0.1) is 0 Å². The van der Waals surface area contributed by atoms with Gasteiger partial charge in [0.2, 0.25) is 0 Å². The second kappa shape index (κ2) is 6.53. The van der Waals surface area contributed by atoms with Crippen molar-refractivity contribution in [3.05, 3.63) is 34.3 Å². The van der Waals surface area contributed by atoms with Gasteiger partial charge in [0.1, 0.15) is 0 Å². The smallest absolute Gasteiger partial charge is 0.0208 e. The largest absolute Gasteiger partial charge is 0.326 e. The molecule has 1 aliphatic heterocycles. The van der Waals surface area contributed by atoms with Crippen LogP contribution in [0.3, 0.4) is 0 Å². The van der Waals surface area contributed by atoms with E-state index in [2.05, 4.69) is 45.1 Å². The quantitative estimate of drug-likeness (QED) is 0.926. The van der Waals surface area contributed by atoms with E-state index in [-0.39, 0.29) is 6.04 Å². The molecule has 94 valence electrons. The normalized spacial score (nSPS) is 19.2. The minimum Gasteiger partial charge on any atom is -0.326 e. The summed E-state index contributed by atoms with van der Waals surface area (Å²) in [4.78, 5) is 2.51. The molecule has 0 aromatic heterocycles. The first-order chi connectivity index (χ1) is 8.24. The highest BCUT2D eigenvalue weighted by Crippen LogP contribution is 2.13. The summed E-state index contributed by atoms with van der Waals surface area (Å²) in [6.45, 7) is 3.50. The Bertz CT molecular complexity index is 331. The molecule has 1 unspecified atom stereocenters. The Hall–Kier alpha value is -0.380. The third kappa shape index (κ3) is 4.41. The Labute approximate surface area is 112 Å². The van der Waals surface area contributed by atoms with Crippen molar-refractivity contribution in [1.29, 1.82) is 0 Å². The van der Waals surface area contributed by atoms with Crippen LogP contribution in [0.4, 0.5) is 0 Å². The first-order valence-electron chi connectivity index (χ1n) is 6.46. The maximum absolute atomic E-state index is 6.22. The van der Waals surface area contributed by atoms with E-state index in [4.69, 9.17) is 5.73 Å². The van der Waals surface area contributed by atoms with E-state index >= 15 is 0 Å². The fraction of sp³-hybridized carbons (Fsp3) is 0.571. The van der Waals surface area contributed by atoms with Gasteiger partial charge in [-0.05, 0) is 50.0 Å². The molecular formula is C14H21BrN2. The Kier molecular flexibility index (Phi) is 5.01. The maximum Gasteiger partial charge on any atom is 0.0208 e. The highest BCUT2D eigenvalue weighted by molar-refractivity contribution is 9.10. The first kappa shape index (κ1) is 13.1. The third-order valence-electron chi connectivity index (χ3n) is 3.35. The molecular weight excluding hydrogens is 276 g/mol. The second-order valence-electron chi connectivity index (χ2n) is 4.95. The van der Waals surface area contributed by atoms with Crippen LogP contribution in [0.5, 0.6) is 0 Å². The summed E-state index contributed by atoms with van der Waals surface area (Å²) in [5.74, 6) is 0. The molecule has 1 aliphatic rings. The summed E-state index contributed by atoms with van der Waals surface area (Å²) in [5, 5.41) is 0. The Balaban J connectivity index is 1.79. The predicted octanol–water partition coefficient (Wildman–Crippen LogP) is 2.80. The van der Waals surface area contributed by atoms with E-state index in [1.165, 1.54) is 37.9 Å². The molecule has 0 radical (unpaired) electrons. The van der Waals surface area contributed by atoms with Crippen molar-refractivity contribution >= 4 is 15.9 Å². The molecule has 0 aliphatic carbocycles. The Morgan fingerprint density at radius 2 is 1.76 bits per heavy atom. The van der Waals surface area contributed by atoms with Crippen LogP contribution in [0.15, 0.2) is 28.7 Å². The molecule has 0 spiro atoms. The van der Waals surface area contributed by atoms with Gasteiger partial charge in [-0.15, -0.1) is 0 Å². The standard InChI is InChI=1S/C14H21BrN2/c15-13-6-4-12(5-7-13)10-14(16)11-17-8-2-1-3-9-17/h4-7,14H,1-3,8-11,16H2. The van der Waals surface area contributed by atoms with E-state index in [1.807, 2.05) is 0 Å². The zero-order valence-corrected chi connectivity index (χ0v) is 11.8. The average molecular weight is 297 g/mol. The average Bonchev–Trinajstić information content (AvgIpc) is 2.33. The van der Waals surface area contributed by atoms with Crippen molar-refractivity contribution < 1.29 is 0 Å². The second-order valence-corrected chi connectivity index (χ2v) is 5.87. The molecule has 1 atom stereocenters. The number of hydrogen-bond donors (Lipinski definition) is 1. The van der Waals surface area contributed by atoms with Crippen LogP contribution in [-0.2, 0) is 6.42 Å². The molecule has 2 nitrogen and oxygen atoms in total. The molecule has 1 heterocycles. The van der Waals surface area contributed by atoms with Gasteiger partial charge in [-0.3, -0.25) is 0 Å². The monoisotopic (exact) mass is 296 g/mol. The van der Waals surface area contributed by atoms with Crippen LogP contribution in [0, 0.1) is 0 Å². The van der Waals surface area contributed by atoms with Gasteiger partial charge in [0, 0.05) is 17.1 Å². The van der Waals surface area contributed by atoms with Crippen LogP contribution in [-0.4, -0.2) is 30.6 Å². The summed E-state index contributed by atoms with van der Waals surface area (Å²) < 4.78 is 1.13. The number of piperidine rings is 1. The topological polar surface area (TPSA) is 29.3 Å². The zero-order chi connectivity index (χ0) is 12.1. The predicted molar refractivity (Wildman–Crippen MR) is 76.1 cm³/mol. The molecule has 17 heavy (non-hydrogen) atoms. The molecule has 1 fully saturated rings. The number of hydrogen-bond acceptors (Lipinski definition) is 2. The lowest BCUT2D eigenvalue weighted by Crippen LogP contribution is -2.41. The molecule has 0 saturated carbocycles. The van der Waals surface area contributed by atoms with Gasteiger partial charge in [-0.25, -0.2) is 0 Å². The van der Waals surface area contributed by atoms with Crippen molar-refractivity contribution in [3.8, 4) is 0 Å². The van der Waals surface area contributed by atoms with Crippen LogP contribution >= 0.6 is 15.9 Å². The van der Waals surface area contributed by atoms with Gasteiger partial charge < -0.3 is 10.6 Å². The molecule has 3 heteroatoms. The molecule has 1 aromatic rings. The SMILES string of the molecule is NC(Cc1ccc(Br)cc1)CN1CCCCC1. The van der Waals surface area contributed by atoms with Crippen LogP contribution in [0.1, 0.15) is 24.8 Å². The number of benzene rings is 1. The number of nitrogens with two attached hydrogens (primary N) is 1. The van der Waals surface area contributed by atoms with E-state index < -0.39 is 0 Å². The van der Waals surface area contributed by atoms with Crippen LogP contribution in [0.2, 0.25) is 0 Å². The van der Waals surface area contributed by atoms with Gasteiger partial charge in [0.25, 0.3) is 0 Å². The van der Waals surface area contributed by atoms with Crippen molar-refractivity contribution in [2.75, 3.05) is 19.6 Å². The summed E-state index contributed by atoms with van der Waals surface area (Å²) in [7, 11) is 0. The lowest BCUT2D eigenvalue weighted by molar-refractivity contribution is 0.215. The fourth-order valence-electron chi connectivity index (χ4n) is 2.46. The van der Waals surface area contributed by atoms with Gasteiger partial charge in [-0.1, -0.05) is 34.5 Å². The van der Waals surface area contributed by atoms with Gasteiger partial charge >= 0.3 is 0 Å². The van der Waals surface area contributed by atoms with Gasteiger partial charge in [-0.2, -0.15) is 0 Å². The van der Waals surface area contributed by atoms with Crippen molar-refractivity contribution in [2.45, 2.75) is 31.7 Å². The molecule has 0 amide bonds. The van der Waals surface area contributed by atoms with Crippen molar-refractivity contribution in [2.24, 2.45) is 5.73 Å². The molecule has 0 bridgehead atoms. The van der Waals surface area contributed by atoms with E-state index in [1.54, 1.807) is 0 Å². The first-order valence-corrected chi connectivity index (χ1v) is 7.26. The summed E-state index contributed by atoms with van der Waals surface area (Å²) in [6.07, 6.45) is 5.04. The molecule has 2 rings (SSSR count). The van der Waals surface area contributed by atoms with Crippen molar-refractivity contribution in [3.63, 3.8) is 0 Å². The number of rotatable bonds is 4. The molecule has 2 N–H and O–H groups in total. The van der Waals surface area contributed by atoms with Crippen LogP contribution in [0.25, 0.3) is 0 Å². The van der Waals surface area contributed by atoms with E-state index in [0.29, 0.717) is 0 Å². The highest BCUT2D eigenvalue weighted by Gasteiger charge is 2.13. The lowest BCUT2D eigenvalue weighted by Gasteiger charge is -2.29. The number of nitrogens with zero attached hydrogens (tertiary/aromatic N) is 1. The third-order valence-corrected chi connectivity index (χ3v) is 3.88. The minimum absolute atomic E-state index is 0.259. The van der Waals surface area contributed by atoms with E-state index in [0.717, 1.165) is 17.4 Å². The summed E-state index contributed by atoms with van der Waals surface area (Å²) >= 11 is 3.45. The molecule has 1 saturated heterocycles. The van der Waals surface area contributed by atoms with Crippen LogP contribution < -0.4 is 5.73 Å². The lowest BCUT2D eigenvalue weighted by atomic mass is 10.0.